The Labute approximate surface area is 127 Å². The largest absolute Gasteiger partial charge is 0.494 e. The second kappa shape index (κ2) is 9.30. The molecule has 0 unspecified atom stereocenters. The lowest BCUT2D eigenvalue weighted by atomic mass is 9.95. The number of halogens is 3. The van der Waals surface area contributed by atoms with Crippen LogP contribution in [0.5, 0.6) is 5.75 Å². The standard InChI is InChI=1S/C13H19NO.C2HF3O2/c1-2-4-13(5-3-1)15-11-8-12-6-9-14-10-7-12;3-2(4,5)1(6)7/h1-5,12,14H,6-11H2;(H,6,7). The Morgan fingerprint density at radius 2 is 1.77 bits per heavy atom. The molecule has 0 atom stereocenters. The molecule has 0 spiro atoms. The van der Waals surface area contributed by atoms with E-state index < -0.39 is 12.1 Å². The first-order valence-electron chi connectivity index (χ1n) is 7.08. The van der Waals surface area contributed by atoms with E-state index in [1.165, 1.54) is 32.4 Å². The summed E-state index contributed by atoms with van der Waals surface area (Å²) < 4.78 is 37.4. The molecule has 7 heteroatoms. The first-order chi connectivity index (χ1) is 10.4. The van der Waals surface area contributed by atoms with Gasteiger partial charge in [-0.15, -0.1) is 0 Å². The number of hydrogen-bond donors (Lipinski definition) is 2. The van der Waals surface area contributed by atoms with Crippen molar-refractivity contribution in [3.8, 4) is 5.75 Å². The molecule has 0 aliphatic carbocycles. The van der Waals surface area contributed by atoms with Gasteiger partial charge in [0.1, 0.15) is 5.75 Å². The number of alkyl halides is 3. The molecule has 1 aliphatic rings. The van der Waals surface area contributed by atoms with Crippen LogP contribution in [0.2, 0.25) is 0 Å². The van der Waals surface area contributed by atoms with Crippen molar-refractivity contribution in [1.29, 1.82) is 0 Å². The zero-order chi connectivity index (χ0) is 16.4. The van der Waals surface area contributed by atoms with Crippen molar-refractivity contribution >= 4 is 5.97 Å². The molecule has 4 nitrogen and oxygen atoms in total. The first kappa shape index (κ1) is 18.3. The van der Waals surface area contributed by atoms with Crippen LogP contribution in [-0.4, -0.2) is 36.9 Å². The SMILES string of the molecule is O=C(O)C(F)(F)F.c1ccc(OCCC2CCNCC2)cc1. The van der Waals surface area contributed by atoms with Crippen molar-refractivity contribution in [2.45, 2.75) is 25.4 Å². The highest BCUT2D eigenvalue weighted by Crippen LogP contribution is 2.17. The molecule has 1 saturated heterocycles. The highest BCUT2D eigenvalue weighted by Gasteiger charge is 2.38. The van der Waals surface area contributed by atoms with Gasteiger partial charge in [0.15, 0.2) is 0 Å². The van der Waals surface area contributed by atoms with Crippen LogP contribution in [0, 0.1) is 5.92 Å². The summed E-state index contributed by atoms with van der Waals surface area (Å²) in [7, 11) is 0. The number of carboxylic acids is 1. The van der Waals surface area contributed by atoms with E-state index in [4.69, 9.17) is 14.6 Å². The lowest BCUT2D eigenvalue weighted by Gasteiger charge is -2.22. The van der Waals surface area contributed by atoms with Crippen molar-refractivity contribution in [3.05, 3.63) is 30.3 Å². The van der Waals surface area contributed by atoms with Crippen LogP contribution < -0.4 is 10.1 Å². The molecule has 1 aliphatic heterocycles. The summed E-state index contributed by atoms with van der Waals surface area (Å²) in [6.45, 7) is 3.21. The van der Waals surface area contributed by atoms with E-state index >= 15 is 0 Å². The summed E-state index contributed by atoms with van der Waals surface area (Å²) in [5.74, 6) is -0.908. The molecule has 1 fully saturated rings. The lowest BCUT2D eigenvalue weighted by molar-refractivity contribution is -0.192. The maximum absolute atomic E-state index is 10.6. The zero-order valence-electron chi connectivity index (χ0n) is 12.1. The van der Waals surface area contributed by atoms with Gasteiger partial charge < -0.3 is 15.2 Å². The van der Waals surface area contributed by atoms with Crippen molar-refractivity contribution in [2.24, 2.45) is 5.92 Å². The van der Waals surface area contributed by atoms with Crippen molar-refractivity contribution in [1.82, 2.24) is 5.32 Å². The number of ether oxygens (including phenoxy) is 1. The summed E-state index contributed by atoms with van der Waals surface area (Å²) in [5, 5.41) is 10.5. The number of carbonyl (C=O) groups is 1. The number of aliphatic carboxylic acids is 1. The Bertz CT molecular complexity index is 431. The van der Waals surface area contributed by atoms with Gasteiger partial charge in [-0.25, -0.2) is 4.79 Å². The van der Waals surface area contributed by atoms with E-state index in [0.717, 1.165) is 18.3 Å². The molecule has 0 amide bonds. The molecule has 1 aromatic rings. The van der Waals surface area contributed by atoms with Crippen molar-refractivity contribution in [3.63, 3.8) is 0 Å². The Hall–Kier alpha value is -1.76. The number of rotatable bonds is 4. The molecule has 2 rings (SSSR count). The second-order valence-corrected chi connectivity index (χ2v) is 4.95. The van der Waals surface area contributed by atoms with Crippen LogP contribution in [0.25, 0.3) is 0 Å². The van der Waals surface area contributed by atoms with Gasteiger partial charge in [0.25, 0.3) is 0 Å². The average molecular weight is 319 g/mol. The normalized spacial score (nSPS) is 15.6. The van der Waals surface area contributed by atoms with Crippen molar-refractivity contribution in [2.75, 3.05) is 19.7 Å². The average Bonchev–Trinajstić information content (AvgIpc) is 2.49. The molecule has 1 aromatic carbocycles. The summed E-state index contributed by atoms with van der Waals surface area (Å²) in [6.07, 6.45) is -1.28. The fraction of sp³-hybridized carbons (Fsp3) is 0.533. The molecule has 1 heterocycles. The van der Waals surface area contributed by atoms with Crippen LogP contribution in [0.15, 0.2) is 30.3 Å². The Balaban J connectivity index is 0.000000295. The maximum Gasteiger partial charge on any atom is 0.490 e. The fourth-order valence-electron chi connectivity index (χ4n) is 2.03. The Morgan fingerprint density at radius 1 is 1.23 bits per heavy atom. The van der Waals surface area contributed by atoms with Crippen LogP contribution in [0.4, 0.5) is 13.2 Å². The topological polar surface area (TPSA) is 58.6 Å². The summed E-state index contributed by atoms with van der Waals surface area (Å²) in [4.78, 5) is 8.90. The number of piperidine rings is 1. The van der Waals surface area contributed by atoms with E-state index in [1.54, 1.807) is 0 Å². The number of carboxylic acid groups (broad SMARTS) is 1. The van der Waals surface area contributed by atoms with Gasteiger partial charge in [-0.05, 0) is 50.4 Å². The molecule has 124 valence electrons. The van der Waals surface area contributed by atoms with Crippen LogP contribution >= 0.6 is 0 Å². The fourth-order valence-corrected chi connectivity index (χ4v) is 2.03. The highest BCUT2D eigenvalue weighted by molar-refractivity contribution is 5.73. The van der Waals surface area contributed by atoms with E-state index in [9.17, 15) is 13.2 Å². The molecule has 2 N–H and O–H groups in total. The highest BCUT2D eigenvalue weighted by atomic mass is 19.4. The Morgan fingerprint density at radius 3 is 2.27 bits per heavy atom. The third-order valence-electron chi connectivity index (χ3n) is 3.24. The molecule has 0 radical (unpaired) electrons. The van der Waals surface area contributed by atoms with E-state index in [0.29, 0.717) is 0 Å². The van der Waals surface area contributed by atoms with Crippen LogP contribution in [-0.2, 0) is 4.79 Å². The van der Waals surface area contributed by atoms with Gasteiger partial charge in [0.2, 0.25) is 0 Å². The minimum atomic E-state index is -5.08. The van der Waals surface area contributed by atoms with E-state index in [2.05, 4.69) is 5.32 Å². The van der Waals surface area contributed by atoms with Crippen molar-refractivity contribution < 1.29 is 27.8 Å². The van der Waals surface area contributed by atoms with Crippen LogP contribution in [0.3, 0.4) is 0 Å². The van der Waals surface area contributed by atoms with Crippen LogP contribution in [0.1, 0.15) is 19.3 Å². The molecule has 0 saturated carbocycles. The molecule has 0 aromatic heterocycles. The van der Waals surface area contributed by atoms with Gasteiger partial charge in [-0.1, -0.05) is 18.2 Å². The summed E-state index contributed by atoms with van der Waals surface area (Å²) in [5.41, 5.74) is 0. The minimum absolute atomic E-state index is 0.856. The number of hydrogen-bond acceptors (Lipinski definition) is 3. The summed E-state index contributed by atoms with van der Waals surface area (Å²) in [6, 6.07) is 10.1. The first-order valence-corrected chi connectivity index (χ1v) is 7.08. The predicted octanol–water partition coefficient (Wildman–Crippen LogP) is 3.09. The number of benzene rings is 1. The zero-order valence-corrected chi connectivity index (χ0v) is 12.1. The third-order valence-corrected chi connectivity index (χ3v) is 3.24. The Kier molecular flexibility index (Phi) is 7.73. The van der Waals surface area contributed by atoms with Gasteiger partial charge in [-0.2, -0.15) is 13.2 Å². The van der Waals surface area contributed by atoms with E-state index in [1.807, 2.05) is 30.3 Å². The number of nitrogens with one attached hydrogen (secondary N) is 1. The molecular formula is C15H20F3NO3. The second-order valence-electron chi connectivity index (χ2n) is 4.95. The predicted molar refractivity (Wildman–Crippen MR) is 75.8 cm³/mol. The smallest absolute Gasteiger partial charge is 0.490 e. The van der Waals surface area contributed by atoms with Gasteiger partial charge in [0, 0.05) is 0 Å². The van der Waals surface area contributed by atoms with Gasteiger partial charge in [0.05, 0.1) is 6.61 Å². The molecule has 0 bridgehead atoms. The van der Waals surface area contributed by atoms with E-state index in [-0.39, 0.29) is 0 Å². The molecule has 22 heavy (non-hydrogen) atoms. The quantitative estimate of drug-likeness (QED) is 0.895. The third kappa shape index (κ3) is 7.87. The minimum Gasteiger partial charge on any atom is -0.494 e. The molecular weight excluding hydrogens is 299 g/mol. The maximum atomic E-state index is 10.6. The summed E-state index contributed by atoms with van der Waals surface area (Å²) >= 11 is 0. The van der Waals surface area contributed by atoms with Gasteiger partial charge >= 0.3 is 12.1 Å². The number of para-hydroxylation sites is 1. The lowest BCUT2D eigenvalue weighted by Crippen LogP contribution is -2.28. The monoisotopic (exact) mass is 319 g/mol. The van der Waals surface area contributed by atoms with Gasteiger partial charge in [-0.3, -0.25) is 0 Å².